The Labute approximate surface area is 162 Å². The number of hydrogen-bond acceptors (Lipinski definition) is 5. The van der Waals surface area contributed by atoms with E-state index >= 15 is 0 Å². The Kier molecular flexibility index (Phi) is 4.65. The maximum absolute atomic E-state index is 12.4. The average Bonchev–Trinajstić information content (AvgIpc) is 3.26. The van der Waals surface area contributed by atoms with Crippen molar-refractivity contribution in [2.75, 3.05) is 13.2 Å². The Hall–Kier alpha value is -3.48. The number of benzene rings is 2. The summed E-state index contributed by atoms with van der Waals surface area (Å²) in [5.41, 5.74) is 3.61. The molecule has 1 aromatic heterocycles. The van der Waals surface area contributed by atoms with Crippen molar-refractivity contribution in [1.29, 1.82) is 0 Å². The molecule has 0 bridgehead atoms. The summed E-state index contributed by atoms with van der Waals surface area (Å²) in [5.74, 6) is 1.02. The van der Waals surface area contributed by atoms with Gasteiger partial charge < -0.3 is 19.9 Å². The van der Waals surface area contributed by atoms with Crippen LogP contribution in [-0.2, 0) is 0 Å². The molecular formula is C21H21N3O4. The van der Waals surface area contributed by atoms with Crippen molar-refractivity contribution in [3.05, 3.63) is 59.3 Å². The van der Waals surface area contributed by atoms with E-state index in [2.05, 4.69) is 15.5 Å². The maximum atomic E-state index is 12.4. The average molecular weight is 379 g/mol. The van der Waals surface area contributed by atoms with E-state index in [4.69, 9.17) is 9.47 Å². The lowest BCUT2D eigenvalue weighted by molar-refractivity contribution is 0.0955. The van der Waals surface area contributed by atoms with Crippen LogP contribution >= 0.6 is 0 Å². The molecule has 1 aliphatic rings. The number of nitrogens with one attached hydrogen (secondary N) is 2. The number of hydrogen-bond donors (Lipinski definition) is 3. The summed E-state index contributed by atoms with van der Waals surface area (Å²) in [5, 5.41) is 20.2. The molecule has 28 heavy (non-hydrogen) atoms. The van der Waals surface area contributed by atoms with E-state index < -0.39 is 0 Å². The van der Waals surface area contributed by atoms with Gasteiger partial charge in [0.15, 0.2) is 11.5 Å². The third kappa shape index (κ3) is 3.05. The topological polar surface area (TPSA) is 96.5 Å². The van der Waals surface area contributed by atoms with Gasteiger partial charge >= 0.3 is 0 Å². The number of H-pyrrole nitrogens is 1. The molecule has 1 amide bonds. The first-order chi connectivity index (χ1) is 13.6. The Bertz CT molecular complexity index is 1010. The summed E-state index contributed by atoms with van der Waals surface area (Å²) in [6.07, 6.45) is 0. The van der Waals surface area contributed by atoms with Gasteiger partial charge in [0.05, 0.1) is 24.9 Å². The molecule has 2 aromatic carbocycles. The molecule has 0 radical (unpaired) electrons. The standard InChI is InChI=1S/C21H21N3O4/c1-3-27-14-8-5-12(6-9-14)19-17-18(22-21(26)20(17)24-23-19)13-7-10-15(25)16(11-13)28-4-2/h5-11,18,25H,3-4H2,1-2H3,(H,22,26)(H,23,24). The van der Waals surface area contributed by atoms with Gasteiger partial charge in [-0.05, 0) is 55.8 Å². The van der Waals surface area contributed by atoms with E-state index in [1.807, 2.05) is 38.1 Å². The predicted molar refractivity (Wildman–Crippen MR) is 104 cm³/mol. The largest absolute Gasteiger partial charge is 0.504 e. The molecular weight excluding hydrogens is 358 g/mol. The van der Waals surface area contributed by atoms with Gasteiger partial charge in [-0.25, -0.2) is 0 Å². The van der Waals surface area contributed by atoms with Gasteiger partial charge in [0.25, 0.3) is 5.91 Å². The van der Waals surface area contributed by atoms with Crippen LogP contribution in [0, 0.1) is 0 Å². The second-order valence-corrected chi connectivity index (χ2v) is 6.38. The van der Waals surface area contributed by atoms with Crippen molar-refractivity contribution in [2.24, 2.45) is 0 Å². The summed E-state index contributed by atoms with van der Waals surface area (Å²) in [7, 11) is 0. The van der Waals surface area contributed by atoms with E-state index in [-0.39, 0.29) is 17.7 Å². The third-order valence-electron chi connectivity index (χ3n) is 4.65. The van der Waals surface area contributed by atoms with Crippen molar-refractivity contribution in [3.8, 4) is 28.5 Å². The molecule has 0 fully saturated rings. The molecule has 144 valence electrons. The zero-order valence-electron chi connectivity index (χ0n) is 15.7. The molecule has 3 aromatic rings. The second kappa shape index (κ2) is 7.26. The molecule has 1 aliphatic heterocycles. The Morgan fingerprint density at radius 2 is 1.82 bits per heavy atom. The van der Waals surface area contributed by atoms with E-state index in [0.717, 1.165) is 22.4 Å². The molecule has 7 nitrogen and oxygen atoms in total. The number of phenols is 1. The quantitative estimate of drug-likeness (QED) is 0.610. The number of carbonyl (C=O) groups is 1. The van der Waals surface area contributed by atoms with Crippen LogP contribution in [0.15, 0.2) is 42.5 Å². The summed E-state index contributed by atoms with van der Waals surface area (Å²) >= 11 is 0. The van der Waals surface area contributed by atoms with Crippen molar-refractivity contribution in [2.45, 2.75) is 19.9 Å². The molecule has 1 unspecified atom stereocenters. The Morgan fingerprint density at radius 1 is 1.07 bits per heavy atom. The van der Waals surface area contributed by atoms with Crippen LogP contribution in [0.3, 0.4) is 0 Å². The van der Waals surface area contributed by atoms with Crippen LogP contribution in [0.1, 0.15) is 41.5 Å². The van der Waals surface area contributed by atoms with Gasteiger partial charge in [0, 0.05) is 11.1 Å². The molecule has 1 atom stereocenters. The first kappa shape index (κ1) is 17.9. The van der Waals surface area contributed by atoms with Crippen molar-refractivity contribution in [1.82, 2.24) is 15.5 Å². The number of aromatic amines is 1. The van der Waals surface area contributed by atoms with E-state index in [1.165, 1.54) is 0 Å². The van der Waals surface area contributed by atoms with Crippen molar-refractivity contribution >= 4 is 5.91 Å². The summed E-state index contributed by atoms with van der Waals surface area (Å²) < 4.78 is 11.0. The highest BCUT2D eigenvalue weighted by atomic mass is 16.5. The van der Waals surface area contributed by atoms with Crippen LogP contribution < -0.4 is 14.8 Å². The van der Waals surface area contributed by atoms with Gasteiger partial charge in [0.1, 0.15) is 11.4 Å². The SMILES string of the molecule is CCOc1ccc(-c2n[nH]c3c2C(c2ccc(O)c(OCC)c2)NC3=O)cc1. The minimum Gasteiger partial charge on any atom is -0.504 e. The highest BCUT2D eigenvalue weighted by Crippen LogP contribution is 2.39. The molecule has 3 N–H and O–H groups in total. The Balaban J connectivity index is 1.75. The molecule has 0 saturated heterocycles. The van der Waals surface area contributed by atoms with Gasteiger partial charge in [-0.2, -0.15) is 5.10 Å². The molecule has 7 heteroatoms. The highest BCUT2D eigenvalue weighted by Gasteiger charge is 2.35. The molecule has 0 aliphatic carbocycles. The lowest BCUT2D eigenvalue weighted by Gasteiger charge is -2.15. The van der Waals surface area contributed by atoms with Gasteiger partial charge in [-0.3, -0.25) is 9.89 Å². The number of carbonyl (C=O) groups excluding carboxylic acids is 1. The van der Waals surface area contributed by atoms with Crippen molar-refractivity contribution in [3.63, 3.8) is 0 Å². The normalized spacial score (nSPS) is 15.2. The fraction of sp³-hybridized carbons (Fsp3) is 0.238. The molecule has 0 saturated carbocycles. The number of rotatable bonds is 6. The number of aromatic nitrogens is 2. The van der Waals surface area contributed by atoms with Crippen LogP contribution in [0.5, 0.6) is 17.2 Å². The van der Waals surface area contributed by atoms with Gasteiger partial charge in [-0.1, -0.05) is 6.07 Å². The number of aromatic hydroxyl groups is 1. The van der Waals surface area contributed by atoms with E-state index in [9.17, 15) is 9.90 Å². The lowest BCUT2D eigenvalue weighted by Crippen LogP contribution is -2.21. The van der Waals surface area contributed by atoms with Crippen LogP contribution in [0.4, 0.5) is 0 Å². The fourth-order valence-electron chi connectivity index (χ4n) is 3.41. The first-order valence-electron chi connectivity index (χ1n) is 9.20. The zero-order chi connectivity index (χ0) is 19.7. The maximum Gasteiger partial charge on any atom is 0.270 e. The number of phenolic OH excluding ortho intramolecular Hbond substituents is 1. The lowest BCUT2D eigenvalue weighted by atomic mass is 9.96. The summed E-state index contributed by atoms with van der Waals surface area (Å²) in [6, 6.07) is 12.3. The number of fused-ring (bicyclic) bond motifs is 1. The van der Waals surface area contributed by atoms with Crippen LogP contribution in [-0.4, -0.2) is 34.4 Å². The van der Waals surface area contributed by atoms with Crippen molar-refractivity contribution < 1.29 is 19.4 Å². The minimum atomic E-state index is -0.386. The number of nitrogens with zero attached hydrogens (tertiary/aromatic N) is 1. The second-order valence-electron chi connectivity index (χ2n) is 6.38. The van der Waals surface area contributed by atoms with Crippen LogP contribution in [0.25, 0.3) is 11.3 Å². The Morgan fingerprint density at radius 3 is 2.54 bits per heavy atom. The zero-order valence-corrected chi connectivity index (χ0v) is 15.7. The summed E-state index contributed by atoms with van der Waals surface area (Å²) in [6.45, 7) is 4.81. The summed E-state index contributed by atoms with van der Waals surface area (Å²) in [4.78, 5) is 12.4. The number of amides is 1. The smallest absolute Gasteiger partial charge is 0.270 e. The molecule has 0 spiro atoms. The molecule has 4 rings (SSSR count). The highest BCUT2D eigenvalue weighted by molar-refractivity contribution is 6.00. The fourth-order valence-corrected chi connectivity index (χ4v) is 3.41. The predicted octanol–water partition coefficient (Wildman–Crippen LogP) is 3.41. The minimum absolute atomic E-state index is 0.0640. The van der Waals surface area contributed by atoms with Gasteiger partial charge in [0.2, 0.25) is 0 Å². The monoisotopic (exact) mass is 379 g/mol. The molecule has 2 heterocycles. The van der Waals surface area contributed by atoms with E-state index in [1.54, 1.807) is 18.2 Å². The first-order valence-corrected chi connectivity index (χ1v) is 9.20. The van der Waals surface area contributed by atoms with Crippen LogP contribution in [0.2, 0.25) is 0 Å². The third-order valence-corrected chi connectivity index (χ3v) is 4.65. The van der Waals surface area contributed by atoms with E-state index in [0.29, 0.717) is 30.4 Å². The number of ether oxygens (including phenoxy) is 2. The van der Waals surface area contributed by atoms with Gasteiger partial charge in [-0.15, -0.1) is 0 Å².